The van der Waals surface area contributed by atoms with Gasteiger partial charge in [0, 0.05) is 6.08 Å². The molecule has 1 aromatic rings. The lowest BCUT2D eigenvalue weighted by atomic mass is 9.83. The predicted octanol–water partition coefficient (Wildman–Crippen LogP) is 2.30. The molecule has 7 heteroatoms. The first-order chi connectivity index (χ1) is 12.5. The van der Waals surface area contributed by atoms with Crippen molar-refractivity contribution in [1.82, 2.24) is 5.32 Å². The number of esters is 1. The highest BCUT2D eigenvalue weighted by molar-refractivity contribution is 5.89. The van der Waals surface area contributed by atoms with Crippen LogP contribution in [0.15, 0.2) is 24.3 Å². The number of rotatable bonds is 6. The van der Waals surface area contributed by atoms with Gasteiger partial charge in [-0.15, -0.1) is 0 Å². The van der Waals surface area contributed by atoms with E-state index in [4.69, 9.17) is 9.47 Å². The van der Waals surface area contributed by atoms with Crippen molar-refractivity contribution in [2.24, 2.45) is 0 Å². The molecule has 7 nitrogen and oxygen atoms in total. The van der Waals surface area contributed by atoms with Gasteiger partial charge in [0.1, 0.15) is 5.54 Å². The second kappa shape index (κ2) is 8.90. The summed E-state index contributed by atoms with van der Waals surface area (Å²) in [7, 11) is 1.43. The zero-order valence-corrected chi connectivity index (χ0v) is 14.7. The second-order valence-electron chi connectivity index (χ2n) is 6.18. The van der Waals surface area contributed by atoms with Crippen molar-refractivity contribution in [3.8, 4) is 17.6 Å². The minimum Gasteiger partial charge on any atom is -0.504 e. The minimum absolute atomic E-state index is 0.00182. The fourth-order valence-electron chi connectivity index (χ4n) is 2.87. The van der Waals surface area contributed by atoms with Crippen molar-refractivity contribution in [1.29, 1.82) is 5.26 Å². The maximum Gasteiger partial charge on any atom is 0.331 e. The predicted molar refractivity (Wildman–Crippen MR) is 94.2 cm³/mol. The fourth-order valence-corrected chi connectivity index (χ4v) is 2.87. The minimum atomic E-state index is -0.847. The Morgan fingerprint density at radius 1 is 1.35 bits per heavy atom. The topological polar surface area (TPSA) is 109 Å². The Bertz CT molecular complexity index is 730. The number of aromatic hydroxyl groups is 1. The molecule has 0 aliphatic heterocycles. The first-order valence-corrected chi connectivity index (χ1v) is 8.42. The molecule has 1 aromatic carbocycles. The Kier molecular flexibility index (Phi) is 6.61. The molecule has 0 aromatic heterocycles. The molecule has 138 valence electrons. The van der Waals surface area contributed by atoms with Crippen molar-refractivity contribution in [3.05, 3.63) is 29.8 Å². The van der Waals surface area contributed by atoms with Gasteiger partial charge in [0.15, 0.2) is 18.1 Å². The quantitative estimate of drug-likeness (QED) is 0.597. The Morgan fingerprint density at radius 3 is 2.73 bits per heavy atom. The third-order valence-corrected chi connectivity index (χ3v) is 4.26. The number of nitriles is 1. The van der Waals surface area contributed by atoms with Gasteiger partial charge < -0.3 is 19.9 Å². The van der Waals surface area contributed by atoms with E-state index in [-0.39, 0.29) is 11.5 Å². The number of hydrogen-bond acceptors (Lipinski definition) is 6. The summed E-state index contributed by atoms with van der Waals surface area (Å²) in [5.41, 5.74) is -0.216. The molecule has 26 heavy (non-hydrogen) atoms. The van der Waals surface area contributed by atoms with Gasteiger partial charge >= 0.3 is 5.97 Å². The molecule has 1 fully saturated rings. The molecule has 1 saturated carbocycles. The van der Waals surface area contributed by atoms with E-state index in [0.717, 1.165) is 19.3 Å². The van der Waals surface area contributed by atoms with E-state index < -0.39 is 24.0 Å². The highest BCUT2D eigenvalue weighted by Crippen LogP contribution is 2.28. The van der Waals surface area contributed by atoms with Crippen molar-refractivity contribution in [2.75, 3.05) is 13.7 Å². The summed E-state index contributed by atoms with van der Waals surface area (Å²) >= 11 is 0. The van der Waals surface area contributed by atoms with Crippen LogP contribution in [-0.4, -0.2) is 36.2 Å². The first-order valence-electron chi connectivity index (χ1n) is 8.42. The largest absolute Gasteiger partial charge is 0.504 e. The summed E-state index contributed by atoms with van der Waals surface area (Å²) < 4.78 is 9.89. The molecular weight excluding hydrogens is 336 g/mol. The smallest absolute Gasteiger partial charge is 0.331 e. The molecule has 0 radical (unpaired) electrons. The van der Waals surface area contributed by atoms with Gasteiger partial charge in [0.2, 0.25) is 0 Å². The standard InChI is InChI=1S/C19H22N2O5/c1-25-16-11-14(5-7-15(16)22)6-8-18(24)26-12-17(23)21-19(13-20)9-3-2-4-10-19/h5-8,11,22H,2-4,9-10,12H2,1H3,(H,21,23)/b8-6+. The molecule has 0 spiro atoms. The van der Waals surface area contributed by atoms with Crippen LogP contribution in [0.2, 0.25) is 0 Å². The van der Waals surface area contributed by atoms with Gasteiger partial charge in [-0.3, -0.25) is 4.79 Å². The molecule has 0 bridgehead atoms. The molecule has 2 rings (SSSR count). The zero-order valence-electron chi connectivity index (χ0n) is 14.7. The van der Waals surface area contributed by atoms with Crippen molar-refractivity contribution < 1.29 is 24.2 Å². The summed E-state index contributed by atoms with van der Waals surface area (Å²) in [5.74, 6) is -0.879. The van der Waals surface area contributed by atoms with Crippen molar-refractivity contribution in [2.45, 2.75) is 37.6 Å². The number of ether oxygens (including phenoxy) is 2. The lowest BCUT2D eigenvalue weighted by molar-refractivity contribution is -0.144. The van der Waals surface area contributed by atoms with Crippen LogP contribution in [0.5, 0.6) is 11.5 Å². The molecule has 0 saturated heterocycles. The normalized spacial score (nSPS) is 15.8. The number of nitrogens with one attached hydrogen (secondary N) is 1. The number of nitrogens with zero attached hydrogens (tertiary/aromatic N) is 1. The maximum atomic E-state index is 12.0. The van der Waals surface area contributed by atoms with Crippen LogP contribution in [0.1, 0.15) is 37.7 Å². The lowest BCUT2D eigenvalue weighted by Gasteiger charge is -2.31. The highest BCUT2D eigenvalue weighted by atomic mass is 16.5. The van der Waals surface area contributed by atoms with E-state index in [1.165, 1.54) is 25.3 Å². The van der Waals surface area contributed by atoms with Gasteiger partial charge in [-0.1, -0.05) is 25.3 Å². The monoisotopic (exact) mass is 358 g/mol. The van der Waals surface area contributed by atoms with Crippen LogP contribution in [0.25, 0.3) is 6.08 Å². The zero-order chi connectivity index (χ0) is 19.0. The van der Waals surface area contributed by atoms with Crippen LogP contribution in [-0.2, 0) is 14.3 Å². The Balaban J connectivity index is 1.84. The highest BCUT2D eigenvalue weighted by Gasteiger charge is 2.33. The number of methoxy groups -OCH3 is 1. The molecule has 1 aliphatic carbocycles. The van der Waals surface area contributed by atoms with Crippen LogP contribution >= 0.6 is 0 Å². The molecule has 1 aliphatic rings. The number of carbonyl (C=O) groups is 2. The van der Waals surface area contributed by atoms with Crippen LogP contribution in [0, 0.1) is 11.3 Å². The molecule has 1 amide bonds. The Morgan fingerprint density at radius 2 is 2.08 bits per heavy atom. The van der Waals surface area contributed by atoms with E-state index in [0.29, 0.717) is 18.4 Å². The number of phenols is 1. The maximum absolute atomic E-state index is 12.0. The van der Waals surface area contributed by atoms with Crippen molar-refractivity contribution in [3.63, 3.8) is 0 Å². The third kappa shape index (κ3) is 5.24. The average Bonchev–Trinajstić information content (AvgIpc) is 2.66. The van der Waals surface area contributed by atoms with E-state index in [1.807, 2.05) is 0 Å². The SMILES string of the molecule is COc1cc(/C=C/C(=O)OCC(=O)NC2(C#N)CCCCC2)ccc1O. The molecule has 0 heterocycles. The van der Waals surface area contributed by atoms with Crippen LogP contribution in [0.4, 0.5) is 0 Å². The summed E-state index contributed by atoms with van der Waals surface area (Å²) in [6.07, 6.45) is 6.75. The van der Waals surface area contributed by atoms with E-state index in [2.05, 4.69) is 11.4 Å². The second-order valence-corrected chi connectivity index (χ2v) is 6.18. The number of amides is 1. The van der Waals surface area contributed by atoms with E-state index in [9.17, 15) is 20.0 Å². The fraction of sp³-hybridized carbons (Fsp3) is 0.421. The van der Waals surface area contributed by atoms with Gasteiger partial charge in [-0.25, -0.2) is 4.79 Å². The number of hydrogen-bond donors (Lipinski definition) is 2. The molecule has 2 N–H and O–H groups in total. The van der Waals surface area contributed by atoms with Crippen LogP contribution in [0.3, 0.4) is 0 Å². The third-order valence-electron chi connectivity index (χ3n) is 4.26. The Labute approximate surface area is 152 Å². The number of carbonyl (C=O) groups excluding carboxylic acids is 2. The van der Waals surface area contributed by atoms with Gasteiger partial charge in [-0.05, 0) is 36.6 Å². The number of benzene rings is 1. The molecule has 0 unspecified atom stereocenters. The van der Waals surface area contributed by atoms with Crippen LogP contribution < -0.4 is 10.1 Å². The van der Waals surface area contributed by atoms with E-state index in [1.54, 1.807) is 12.1 Å². The van der Waals surface area contributed by atoms with Crippen molar-refractivity contribution >= 4 is 18.0 Å². The molecule has 0 atom stereocenters. The Hall–Kier alpha value is -3.01. The molecular formula is C19H22N2O5. The summed E-state index contributed by atoms with van der Waals surface area (Å²) in [5, 5.41) is 21.5. The lowest BCUT2D eigenvalue weighted by Crippen LogP contribution is -2.49. The van der Waals surface area contributed by atoms with Gasteiger partial charge in [-0.2, -0.15) is 5.26 Å². The average molecular weight is 358 g/mol. The first kappa shape index (κ1) is 19.3. The van der Waals surface area contributed by atoms with E-state index >= 15 is 0 Å². The summed E-state index contributed by atoms with van der Waals surface area (Å²) in [4.78, 5) is 23.7. The van der Waals surface area contributed by atoms with Gasteiger partial charge in [0.25, 0.3) is 5.91 Å². The van der Waals surface area contributed by atoms with Gasteiger partial charge in [0.05, 0.1) is 13.2 Å². The summed E-state index contributed by atoms with van der Waals surface area (Å²) in [6, 6.07) is 6.79. The summed E-state index contributed by atoms with van der Waals surface area (Å²) in [6.45, 7) is -0.439. The number of phenolic OH excluding ortho intramolecular Hbond substituents is 1.